The van der Waals surface area contributed by atoms with E-state index >= 15 is 0 Å². The number of halogens is 1. The van der Waals surface area contributed by atoms with Crippen LogP contribution in [0.25, 0.3) is 27.6 Å². The van der Waals surface area contributed by atoms with Crippen LogP contribution in [-0.4, -0.2) is 16.0 Å². The molecule has 186 valence electrons. The maximum Gasteiger partial charge on any atom is 0.293 e. The molecular formula is C32H22INO3S. The number of nitrogens with zero attached hydrogens (tertiary/aromatic N) is 1. The lowest BCUT2D eigenvalue weighted by molar-refractivity contribution is -0.123. The average Bonchev–Trinajstić information content (AvgIpc) is 3.21. The molecule has 5 aromatic rings. The molecule has 0 spiro atoms. The van der Waals surface area contributed by atoms with Crippen molar-refractivity contribution in [3.05, 3.63) is 128 Å². The maximum atomic E-state index is 13.3. The van der Waals surface area contributed by atoms with Crippen LogP contribution in [0.1, 0.15) is 16.7 Å². The fraction of sp³-hybridized carbons (Fsp3) is 0.0625. The van der Waals surface area contributed by atoms with Crippen molar-refractivity contribution in [3.8, 4) is 5.75 Å². The van der Waals surface area contributed by atoms with Crippen LogP contribution in [0.2, 0.25) is 0 Å². The lowest BCUT2D eigenvalue weighted by atomic mass is 10.0. The van der Waals surface area contributed by atoms with Gasteiger partial charge in [0.2, 0.25) is 0 Å². The summed E-state index contributed by atoms with van der Waals surface area (Å²) in [5.74, 6) is 0.382. The van der Waals surface area contributed by atoms with Gasteiger partial charge in [-0.05, 0) is 91.3 Å². The second-order valence-electron chi connectivity index (χ2n) is 9.02. The van der Waals surface area contributed by atoms with Gasteiger partial charge in [-0.2, -0.15) is 0 Å². The van der Waals surface area contributed by atoms with Gasteiger partial charge in [0.1, 0.15) is 12.4 Å². The maximum absolute atomic E-state index is 13.3. The molecule has 1 saturated heterocycles. The lowest BCUT2D eigenvalue weighted by Gasteiger charge is -2.14. The second kappa shape index (κ2) is 10.6. The Balaban J connectivity index is 1.34. The Morgan fingerprint density at radius 2 is 1.45 bits per heavy atom. The zero-order valence-electron chi connectivity index (χ0n) is 20.3. The Morgan fingerprint density at radius 1 is 0.763 bits per heavy atom. The van der Waals surface area contributed by atoms with E-state index < -0.39 is 0 Å². The smallest absolute Gasteiger partial charge is 0.293 e. The van der Waals surface area contributed by atoms with E-state index in [9.17, 15) is 9.59 Å². The highest BCUT2D eigenvalue weighted by molar-refractivity contribution is 14.1. The predicted octanol–water partition coefficient (Wildman–Crippen LogP) is 8.41. The summed E-state index contributed by atoms with van der Waals surface area (Å²) in [6.07, 6.45) is 1.81. The van der Waals surface area contributed by atoms with Crippen LogP contribution in [0.15, 0.2) is 108 Å². The summed E-state index contributed by atoms with van der Waals surface area (Å²) in [6.45, 7) is 0.633. The van der Waals surface area contributed by atoms with Crippen molar-refractivity contribution in [2.75, 3.05) is 0 Å². The Morgan fingerprint density at radius 3 is 2.24 bits per heavy atom. The molecule has 0 N–H and O–H groups in total. The quantitative estimate of drug-likeness (QED) is 0.140. The fourth-order valence-corrected chi connectivity index (χ4v) is 5.84. The number of carbonyl (C=O) groups excluding carboxylic acids is 2. The third-order valence-corrected chi connectivity index (χ3v) is 8.22. The van der Waals surface area contributed by atoms with Crippen LogP contribution in [0.3, 0.4) is 0 Å². The third kappa shape index (κ3) is 4.93. The number of fused-ring (bicyclic) bond motifs is 2. The van der Waals surface area contributed by atoms with Crippen LogP contribution < -0.4 is 4.74 Å². The summed E-state index contributed by atoms with van der Waals surface area (Å²) in [5.41, 5.74) is 2.79. The number of rotatable bonds is 6. The molecule has 5 aromatic carbocycles. The normalized spacial score (nSPS) is 14.7. The third-order valence-electron chi connectivity index (χ3n) is 6.60. The van der Waals surface area contributed by atoms with Gasteiger partial charge in [0.15, 0.2) is 0 Å². The van der Waals surface area contributed by atoms with E-state index in [-0.39, 0.29) is 17.7 Å². The number of hydrogen-bond donors (Lipinski definition) is 0. The van der Waals surface area contributed by atoms with Crippen LogP contribution >= 0.6 is 34.4 Å². The number of hydrogen-bond acceptors (Lipinski definition) is 4. The predicted molar refractivity (Wildman–Crippen MR) is 163 cm³/mol. The number of imide groups is 1. The minimum absolute atomic E-state index is 0.249. The summed E-state index contributed by atoms with van der Waals surface area (Å²) >= 11 is 3.21. The van der Waals surface area contributed by atoms with Crippen LogP contribution in [0.4, 0.5) is 4.79 Å². The molecule has 0 saturated carbocycles. The largest absolute Gasteiger partial charge is 0.488 e. The SMILES string of the molecule is O=C1S/C(=C\c2c(OCc3cccc4ccccc34)ccc3ccccc23)C(=O)N1Cc1ccc(I)cc1. The minimum atomic E-state index is -0.286. The standard InChI is InChI=1S/C32H22INO3S/c33-25-15-12-21(13-16-25)19-34-31(35)30(38-32(34)36)18-28-27-11-4-2-7-23(27)14-17-29(28)37-20-24-9-5-8-22-6-1-3-10-26(22)24/h1-18H,19-20H2/b30-18-. The van der Waals surface area contributed by atoms with E-state index in [4.69, 9.17) is 4.74 Å². The van der Waals surface area contributed by atoms with Crippen LogP contribution in [-0.2, 0) is 17.9 Å². The van der Waals surface area contributed by atoms with Gasteiger partial charge in [0, 0.05) is 9.13 Å². The van der Waals surface area contributed by atoms with E-state index in [1.54, 1.807) is 6.08 Å². The molecule has 0 bridgehead atoms. The molecule has 1 aliphatic heterocycles. The molecule has 6 heteroatoms. The Kier molecular flexibility index (Phi) is 6.91. The lowest BCUT2D eigenvalue weighted by Crippen LogP contribution is -2.27. The van der Waals surface area contributed by atoms with Gasteiger partial charge in [-0.3, -0.25) is 14.5 Å². The van der Waals surface area contributed by atoms with Crippen molar-refractivity contribution in [2.45, 2.75) is 13.2 Å². The highest BCUT2D eigenvalue weighted by Crippen LogP contribution is 2.38. The van der Waals surface area contributed by atoms with E-state index in [1.807, 2.05) is 78.9 Å². The summed E-state index contributed by atoms with van der Waals surface area (Å²) in [7, 11) is 0. The van der Waals surface area contributed by atoms with Gasteiger partial charge >= 0.3 is 0 Å². The first-order valence-corrected chi connectivity index (χ1v) is 14.1. The molecule has 2 amide bonds. The monoisotopic (exact) mass is 627 g/mol. The highest BCUT2D eigenvalue weighted by atomic mass is 127. The van der Waals surface area contributed by atoms with Gasteiger partial charge in [-0.25, -0.2) is 0 Å². The van der Waals surface area contributed by atoms with E-state index in [1.165, 1.54) is 4.90 Å². The highest BCUT2D eigenvalue weighted by Gasteiger charge is 2.35. The van der Waals surface area contributed by atoms with E-state index in [0.717, 1.165) is 53.6 Å². The zero-order chi connectivity index (χ0) is 26.1. The number of thioether (sulfide) groups is 1. The van der Waals surface area contributed by atoms with E-state index in [0.29, 0.717) is 17.3 Å². The number of ether oxygens (including phenoxy) is 1. The first-order valence-electron chi connectivity index (χ1n) is 12.2. The van der Waals surface area contributed by atoms with Gasteiger partial charge < -0.3 is 4.74 Å². The molecule has 6 rings (SSSR count). The molecule has 0 atom stereocenters. The Hall–Kier alpha value is -3.62. The number of carbonyl (C=O) groups is 2. The fourth-order valence-electron chi connectivity index (χ4n) is 4.66. The number of benzene rings is 5. The molecule has 4 nitrogen and oxygen atoms in total. The first kappa shape index (κ1) is 24.7. The van der Waals surface area contributed by atoms with Gasteiger partial charge in [0.05, 0.1) is 11.4 Å². The molecule has 1 heterocycles. The molecule has 1 aliphatic rings. The molecule has 38 heavy (non-hydrogen) atoms. The summed E-state index contributed by atoms with van der Waals surface area (Å²) in [4.78, 5) is 27.9. The van der Waals surface area contributed by atoms with Crippen molar-refractivity contribution in [1.29, 1.82) is 0 Å². The minimum Gasteiger partial charge on any atom is -0.488 e. The summed E-state index contributed by atoms with van der Waals surface area (Å²) in [6, 6.07) is 34.2. The number of amides is 2. The van der Waals surface area contributed by atoms with Crippen molar-refractivity contribution < 1.29 is 14.3 Å². The molecule has 0 aliphatic carbocycles. The zero-order valence-corrected chi connectivity index (χ0v) is 23.2. The molecular weight excluding hydrogens is 605 g/mol. The van der Waals surface area contributed by atoms with Gasteiger partial charge in [0.25, 0.3) is 11.1 Å². The van der Waals surface area contributed by atoms with Gasteiger partial charge in [-0.1, -0.05) is 84.9 Å². The van der Waals surface area contributed by atoms with Crippen molar-refractivity contribution in [2.24, 2.45) is 0 Å². The van der Waals surface area contributed by atoms with Crippen LogP contribution in [0, 0.1) is 3.57 Å². The molecule has 0 unspecified atom stereocenters. The second-order valence-corrected chi connectivity index (χ2v) is 11.3. The Bertz CT molecular complexity index is 1720. The molecule has 0 radical (unpaired) electrons. The van der Waals surface area contributed by atoms with E-state index in [2.05, 4.69) is 46.9 Å². The first-order chi connectivity index (χ1) is 18.6. The molecule has 1 fully saturated rings. The van der Waals surface area contributed by atoms with Crippen molar-refractivity contribution >= 4 is 73.1 Å². The topological polar surface area (TPSA) is 46.6 Å². The van der Waals surface area contributed by atoms with Crippen LogP contribution in [0.5, 0.6) is 5.75 Å². The van der Waals surface area contributed by atoms with Crippen molar-refractivity contribution in [1.82, 2.24) is 4.90 Å². The average molecular weight is 628 g/mol. The Labute approximate surface area is 238 Å². The molecule has 0 aromatic heterocycles. The van der Waals surface area contributed by atoms with Gasteiger partial charge in [-0.15, -0.1) is 0 Å². The summed E-state index contributed by atoms with van der Waals surface area (Å²) < 4.78 is 7.49. The van der Waals surface area contributed by atoms with Crippen molar-refractivity contribution in [3.63, 3.8) is 0 Å². The summed E-state index contributed by atoms with van der Waals surface area (Å²) in [5, 5.41) is 4.04.